The zero-order chi connectivity index (χ0) is 14.8. The van der Waals surface area contributed by atoms with Gasteiger partial charge in [0, 0.05) is 18.0 Å². The molecule has 0 aliphatic heterocycles. The summed E-state index contributed by atoms with van der Waals surface area (Å²) < 4.78 is 87.2. The molecule has 0 spiro atoms. The molecule has 0 unspecified atom stereocenters. The minimum atomic E-state index is -4.87. The van der Waals surface area contributed by atoms with Gasteiger partial charge in [-0.3, -0.25) is 0 Å². The number of rotatable bonds is 3. The Morgan fingerprint density at radius 1 is 1.05 bits per heavy atom. The van der Waals surface area contributed by atoms with E-state index >= 15 is 0 Å². The summed E-state index contributed by atoms with van der Waals surface area (Å²) in [5.74, 6) is -1.26. The minimum Gasteiger partial charge on any atom is -0.324 e. The van der Waals surface area contributed by atoms with Crippen molar-refractivity contribution >= 4 is 0 Å². The Morgan fingerprint density at radius 3 is 2.11 bits per heavy atom. The molecular formula is C11H10F7N. The first-order valence-electron chi connectivity index (χ1n) is 5.20. The van der Waals surface area contributed by atoms with Crippen molar-refractivity contribution in [2.24, 2.45) is 5.73 Å². The second kappa shape index (κ2) is 5.36. The third-order valence-corrected chi connectivity index (χ3v) is 2.47. The van der Waals surface area contributed by atoms with Crippen molar-refractivity contribution in [3.63, 3.8) is 0 Å². The summed E-state index contributed by atoms with van der Waals surface area (Å²) in [5.41, 5.74) is 2.98. The van der Waals surface area contributed by atoms with Gasteiger partial charge in [0.1, 0.15) is 5.82 Å². The van der Waals surface area contributed by atoms with Gasteiger partial charge in [-0.25, -0.2) is 4.39 Å². The van der Waals surface area contributed by atoms with E-state index in [1.165, 1.54) is 0 Å². The van der Waals surface area contributed by atoms with Crippen LogP contribution >= 0.6 is 0 Å². The molecule has 0 aliphatic rings. The van der Waals surface area contributed by atoms with Crippen LogP contribution in [0.3, 0.4) is 0 Å². The van der Waals surface area contributed by atoms with E-state index in [1.54, 1.807) is 0 Å². The largest absolute Gasteiger partial charge is 0.416 e. The molecular weight excluding hydrogens is 279 g/mol. The predicted octanol–water partition coefficient (Wildman–Crippen LogP) is 4.19. The first kappa shape index (κ1) is 15.7. The van der Waals surface area contributed by atoms with E-state index in [4.69, 9.17) is 5.73 Å². The maximum Gasteiger partial charge on any atom is 0.416 e. The molecule has 1 nitrogen and oxygen atoms in total. The van der Waals surface area contributed by atoms with E-state index in [2.05, 4.69) is 0 Å². The van der Waals surface area contributed by atoms with Crippen molar-refractivity contribution in [2.75, 3.05) is 0 Å². The van der Waals surface area contributed by atoms with Crippen LogP contribution in [-0.4, -0.2) is 6.18 Å². The zero-order valence-electron chi connectivity index (χ0n) is 9.45. The number of nitrogens with two attached hydrogens (primary N) is 1. The molecule has 2 N–H and O–H groups in total. The monoisotopic (exact) mass is 289 g/mol. The van der Waals surface area contributed by atoms with Gasteiger partial charge in [-0.1, -0.05) is 6.07 Å². The highest BCUT2D eigenvalue weighted by Crippen LogP contribution is 2.37. The quantitative estimate of drug-likeness (QED) is 0.830. The summed E-state index contributed by atoms with van der Waals surface area (Å²) in [6, 6.07) is 0.488. The molecule has 0 amide bonds. The summed E-state index contributed by atoms with van der Waals surface area (Å²) in [5, 5.41) is 0. The molecule has 0 saturated carbocycles. The number of hydrogen-bond acceptors (Lipinski definition) is 1. The second-order valence-electron chi connectivity index (χ2n) is 3.96. The van der Waals surface area contributed by atoms with Crippen molar-refractivity contribution in [2.45, 2.75) is 31.2 Å². The molecule has 0 fully saturated rings. The highest BCUT2D eigenvalue weighted by Gasteiger charge is 2.37. The molecule has 0 heterocycles. The molecule has 108 valence electrons. The number of halogens is 7. The van der Waals surface area contributed by atoms with Gasteiger partial charge >= 0.3 is 12.4 Å². The molecule has 1 aromatic rings. The lowest BCUT2D eigenvalue weighted by molar-refractivity contribution is -0.139. The lowest BCUT2D eigenvalue weighted by Gasteiger charge is -2.19. The van der Waals surface area contributed by atoms with Crippen LogP contribution in [0.2, 0.25) is 0 Å². The van der Waals surface area contributed by atoms with Crippen LogP contribution in [0.1, 0.15) is 30.0 Å². The summed E-state index contributed by atoms with van der Waals surface area (Å²) in [6.45, 7) is 0. The maximum atomic E-state index is 13.4. The van der Waals surface area contributed by atoms with Crippen LogP contribution in [0, 0.1) is 5.82 Å². The third-order valence-electron chi connectivity index (χ3n) is 2.47. The van der Waals surface area contributed by atoms with E-state index < -0.39 is 48.2 Å². The third kappa shape index (κ3) is 4.38. The number of benzene rings is 1. The lowest BCUT2D eigenvalue weighted by atomic mass is 9.96. The Balaban J connectivity index is 3.05. The normalized spacial score (nSPS) is 14.5. The van der Waals surface area contributed by atoms with Crippen molar-refractivity contribution in [1.29, 1.82) is 0 Å². The van der Waals surface area contributed by atoms with Crippen molar-refractivity contribution in [3.8, 4) is 0 Å². The fourth-order valence-electron chi connectivity index (χ4n) is 1.62. The van der Waals surface area contributed by atoms with E-state index in [9.17, 15) is 30.7 Å². The van der Waals surface area contributed by atoms with Crippen LogP contribution in [0.25, 0.3) is 0 Å². The SMILES string of the molecule is N[C@@H](CCC(F)(F)F)c1c(F)cccc1C(F)(F)F. The van der Waals surface area contributed by atoms with Crippen LogP contribution in [0.15, 0.2) is 18.2 Å². The predicted molar refractivity (Wildman–Crippen MR) is 53.6 cm³/mol. The molecule has 0 aliphatic carbocycles. The van der Waals surface area contributed by atoms with Crippen LogP contribution < -0.4 is 5.73 Å². The van der Waals surface area contributed by atoms with Crippen molar-refractivity contribution < 1.29 is 30.7 Å². The molecule has 1 aromatic carbocycles. The smallest absolute Gasteiger partial charge is 0.324 e. The fourth-order valence-corrected chi connectivity index (χ4v) is 1.62. The van der Waals surface area contributed by atoms with E-state index in [1.807, 2.05) is 0 Å². The van der Waals surface area contributed by atoms with Crippen LogP contribution in [0.4, 0.5) is 30.7 Å². The molecule has 0 radical (unpaired) electrons. The van der Waals surface area contributed by atoms with Gasteiger partial charge in [0.25, 0.3) is 0 Å². The maximum absolute atomic E-state index is 13.4. The van der Waals surface area contributed by atoms with E-state index in [0.29, 0.717) is 6.07 Å². The number of hydrogen-bond donors (Lipinski definition) is 1. The standard InChI is InChI=1S/C11H10F7N/c12-7-3-1-2-6(11(16,17)18)9(7)8(19)4-5-10(13,14)15/h1-3,8H,4-5,19H2/t8-/m0/s1. The molecule has 1 rings (SSSR count). The highest BCUT2D eigenvalue weighted by molar-refractivity contribution is 5.33. The van der Waals surface area contributed by atoms with Gasteiger partial charge in [0.2, 0.25) is 0 Å². The van der Waals surface area contributed by atoms with E-state index in [-0.39, 0.29) is 0 Å². The zero-order valence-corrected chi connectivity index (χ0v) is 9.45. The fraction of sp³-hybridized carbons (Fsp3) is 0.455. The molecule has 0 bridgehead atoms. The molecule has 8 heteroatoms. The van der Waals surface area contributed by atoms with Crippen LogP contribution in [0.5, 0.6) is 0 Å². The molecule has 0 aromatic heterocycles. The van der Waals surface area contributed by atoms with Crippen molar-refractivity contribution in [1.82, 2.24) is 0 Å². The highest BCUT2D eigenvalue weighted by atomic mass is 19.4. The summed E-state index contributed by atoms with van der Waals surface area (Å²) in [6.07, 6.45) is -11.6. The Kier molecular flexibility index (Phi) is 4.44. The topological polar surface area (TPSA) is 26.0 Å². The van der Waals surface area contributed by atoms with Crippen molar-refractivity contribution in [3.05, 3.63) is 35.1 Å². The Morgan fingerprint density at radius 2 is 1.63 bits per heavy atom. The Bertz CT molecular complexity index is 436. The molecule has 1 atom stereocenters. The average molecular weight is 289 g/mol. The Labute approximate surface area is 104 Å². The molecule has 0 saturated heterocycles. The summed E-state index contributed by atoms with van der Waals surface area (Å²) in [7, 11) is 0. The second-order valence-corrected chi connectivity index (χ2v) is 3.96. The van der Waals surface area contributed by atoms with Gasteiger partial charge < -0.3 is 5.73 Å². The van der Waals surface area contributed by atoms with Gasteiger partial charge in [-0.2, -0.15) is 26.3 Å². The van der Waals surface area contributed by atoms with E-state index in [0.717, 1.165) is 12.1 Å². The van der Waals surface area contributed by atoms with Crippen LogP contribution in [-0.2, 0) is 6.18 Å². The van der Waals surface area contributed by atoms with Gasteiger partial charge in [0.05, 0.1) is 5.56 Å². The summed E-state index contributed by atoms with van der Waals surface area (Å²) >= 11 is 0. The van der Waals surface area contributed by atoms with Gasteiger partial charge in [0.15, 0.2) is 0 Å². The number of alkyl halides is 6. The van der Waals surface area contributed by atoms with Gasteiger partial charge in [-0.05, 0) is 18.6 Å². The molecule has 19 heavy (non-hydrogen) atoms. The Hall–Kier alpha value is -1.31. The minimum absolute atomic E-state index is 0.589. The van der Waals surface area contributed by atoms with Gasteiger partial charge in [-0.15, -0.1) is 0 Å². The first-order valence-corrected chi connectivity index (χ1v) is 5.20. The summed E-state index contributed by atoms with van der Waals surface area (Å²) in [4.78, 5) is 0. The lowest BCUT2D eigenvalue weighted by Crippen LogP contribution is -2.21. The average Bonchev–Trinajstić information content (AvgIpc) is 2.23. The first-order chi connectivity index (χ1) is 8.52.